The van der Waals surface area contributed by atoms with E-state index in [1.165, 1.54) is 31.2 Å². The Labute approximate surface area is 237 Å². The number of halogens is 1. The van der Waals surface area contributed by atoms with Crippen LogP contribution < -0.4 is 20.4 Å². The molecule has 0 unspecified atom stereocenters. The van der Waals surface area contributed by atoms with E-state index in [-0.39, 0.29) is 5.41 Å². The molecule has 3 fully saturated rings. The Morgan fingerprint density at radius 1 is 1.03 bits per heavy atom. The van der Waals surface area contributed by atoms with E-state index >= 15 is 0 Å². The van der Waals surface area contributed by atoms with Crippen molar-refractivity contribution in [3.8, 4) is 0 Å². The van der Waals surface area contributed by atoms with E-state index in [2.05, 4.69) is 52.5 Å². The largest absolute Gasteiger partial charge is 0.381 e. The van der Waals surface area contributed by atoms with Gasteiger partial charge in [0.25, 0.3) is 0 Å². The van der Waals surface area contributed by atoms with E-state index in [4.69, 9.17) is 38.5 Å². The monoisotopic (exact) mass is 556 g/mol. The zero-order valence-electron chi connectivity index (χ0n) is 22.7. The molecule has 206 valence electrons. The minimum absolute atomic E-state index is 0.0861. The number of nitrogens with one attached hydrogen (secondary N) is 2. The molecule has 4 heterocycles. The summed E-state index contributed by atoms with van der Waals surface area (Å²) in [5.74, 6) is 3.98. The summed E-state index contributed by atoms with van der Waals surface area (Å²) < 4.78 is 5.70. The van der Waals surface area contributed by atoms with Gasteiger partial charge in [-0.25, -0.2) is 0 Å². The average molecular weight is 557 g/mol. The standard InChI is InChI=1S/C29H41ClN6OS/c1-21-8-13-35(14-9-21)25-18-26(36-12-4-5-22(2)19-36)33-27(32-25)34-28(38)31-20-29(10-15-37-16-11-29)23-6-3-7-24(30)17-23/h3,6-7,17-18,21-22H,4-5,8-16,19-20H2,1-2H3,(H2,31,32,33,34,38)/t22-/m0/s1. The van der Waals surface area contributed by atoms with E-state index in [0.29, 0.717) is 23.5 Å². The Hall–Kier alpha value is -2.16. The van der Waals surface area contributed by atoms with Crippen LogP contribution in [0.4, 0.5) is 17.6 Å². The van der Waals surface area contributed by atoms with Gasteiger partial charge in [-0.2, -0.15) is 9.97 Å². The van der Waals surface area contributed by atoms with Crippen molar-refractivity contribution in [3.63, 3.8) is 0 Å². The van der Waals surface area contributed by atoms with Crippen molar-refractivity contribution >= 4 is 46.5 Å². The number of ether oxygens (including phenoxy) is 1. The second-order valence-corrected chi connectivity index (χ2v) is 12.3. The smallest absolute Gasteiger partial charge is 0.232 e. The highest BCUT2D eigenvalue weighted by molar-refractivity contribution is 7.80. The van der Waals surface area contributed by atoms with Crippen LogP contribution in [0.3, 0.4) is 0 Å². The molecule has 0 radical (unpaired) electrons. The number of thiocarbonyl (C=S) groups is 1. The van der Waals surface area contributed by atoms with Gasteiger partial charge in [0, 0.05) is 62.4 Å². The predicted molar refractivity (Wildman–Crippen MR) is 161 cm³/mol. The van der Waals surface area contributed by atoms with Crippen LogP contribution in [0.2, 0.25) is 5.02 Å². The number of anilines is 3. The molecule has 7 nitrogen and oxygen atoms in total. The van der Waals surface area contributed by atoms with E-state index in [9.17, 15) is 0 Å². The molecule has 38 heavy (non-hydrogen) atoms. The van der Waals surface area contributed by atoms with Gasteiger partial charge in [0.05, 0.1) is 0 Å². The first-order valence-electron chi connectivity index (χ1n) is 14.2. The lowest BCUT2D eigenvalue weighted by molar-refractivity contribution is 0.0515. The molecule has 5 rings (SSSR count). The fraction of sp³-hybridized carbons (Fsp3) is 0.621. The highest BCUT2D eigenvalue weighted by atomic mass is 35.5. The maximum Gasteiger partial charge on any atom is 0.232 e. The molecular weight excluding hydrogens is 516 g/mol. The summed E-state index contributed by atoms with van der Waals surface area (Å²) >= 11 is 12.1. The summed E-state index contributed by atoms with van der Waals surface area (Å²) in [5, 5.41) is 8.11. The van der Waals surface area contributed by atoms with Crippen LogP contribution in [0.25, 0.3) is 0 Å². The van der Waals surface area contributed by atoms with Crippen molar-refractivity contribution in [1.82, 2.24) is 15.3 Å². The molecular formula is C29H41ClN6OS. The highest BCUT2D eigenvalue weighted by Gasteiger charge is 2.35. The molecule has 0 saturated carbocycles. The van der Waals surface area contributed by atoms with Crippen LogP contribution in [-0.2, 0) is 10.2 Å². The lowest BCUT2D eigenvalue weighted by Gasteiger charge is -2.38. The molecule has 1 aromatic carbocycles. The SMILES string of the molecule is CC1CCN(c2cc(N3CCC[C@H](C)C3)nc(NC(=S)NCC3(c4cccc(Cl)c4)CCOCC3)n2)CC1. The molecule has 0 amide bonds. The Morgan fingerprint density at radius 3 is 2.47 bits per heavy atom. The minimum atomic E-state index is -0.0861. The number of hydrogen-bond acceptors (Lipinski definition) is 6. The molecule has 2 N–H and O–H groups in total. The first kappa shape index (κ1) is 27.4. The number of rotatable bonds is 6. The van der Waals surface area contributed by atoms with Gasteiger partial charge in [0.15, 0.2) is 5.11 Å². The lowest BCUT2D eigenvalue weighted by Crippen LogP contribution is -2.45. The summed E-state index contributed by atoms with van der Waals surface area (Å²) in [6.45, 7) is 10.9. The first-order chi connectivity index (χ1) is 18.4. The third-order valence-corrected chi connectivity index (χ3v) is 8.97. The van der Waals surface area contributed by atoms with Gasteiger partial charge in [0.1, 0.15) is 11.6 Å². The zero-order chi connectivity index (χ0) is 26.5. The molecule has 3 aliphatic rings. The molecule has 0 spiro atoms. The number of nitrogens with zero attached hydrogens (tertiary/aromatic N) is 4. The fourth-order valence-corrected chi connectivity index (χ4v) is 6.33. The molecule has 3 aliphatic heterocycles. The molecule has 1 atom stereocenters. The van der Waals surface area contributed by atoms with Crippen LogP contribution in [0.1, 0.15) is 57.9 Å². The van der Waals surface area contributed by atoms with E-state index in [1.807, 2.05) is 12.1 Å². The van der Waals surface area contributed by atoms with Gasteiger partial charge in [-0.3, -0.25) is 0 Å². The summed E-state index contributed by atoms with van der Waals surface area (Å²) in [5.41, 5.74) is 1.14. The maximum atomic E-state index is 6.36. The summed E-state index contributed by atoms with van der Waals surface area (Å²) in [6, 6.07) is 10.4. The quantitative estimate of drug-likeness (QED) is 0.443. The number of piperidine rings is 2. The molecule has 0 aliphatic carbocycles. The zero-order valence-corrected chi connectivity index (χ0v) is 24.3. The van der Waals surface area contributed by atoms with Gasteiger partial charge in [0.2, 0.25) is 5.95 Å². The highest BCUT2D eigenvalue weighted by Crippen LogP contribution is 2.35. The molecule has 9 heteroatoms. The van der Waals surface area contributed by atoms with Gasteiger partial charge in [-0.15, -0.1) is 0 Å². The third-order valence-electron chi connectivity index (χ3n) is 8.49. The Kier molecular flexibility index (Phi) is 8.91. The molecule has 1 aromatic heterocycles. The molecule has 3 saturated heterocycles. The van der Waals surface area contributed by atoms with Crippen LogP contribution in [-0.4, -0.2) is 61.0 Å². The minimum Gasteiger partial charge on any atom is -0.381 e. The second kappa shape index (κ2) is 12.3. The van der Waals surface area contributed by atoms with Gasteiger partial charge in [-0.1, -0.05) is 37.6 Å². The van der Waals surface area contributed by atoms with Crippen molar-refractivity contribution < 1.29 is 4.74 Å². The van der Waals surface area contributed by atoms with Crippen LogP contribution in [0.15, 0.2) is 30.3 Å². The van der Waals surface area contributed by atoms with Crippen molar-refractivity contribution in [1.29, 1.82) is 0 Å². The summed E-state index contributed by atoms with van der Waals surface area (Å²) in [4.78, 5) is 14.7. The van der Waals surface area contributed by atoms with E-state index in [0.717, 1.165) is 74.8 Å². The van der Waals surface area contributed by atoms with Crippen LogP contribution in [0.5, 0.6) is 0 Å². The van der Waals surface area contributed by atoms with Gasteiger partial charge < -0.3 is 25.2 Å². The Balaban J connectivity index is 1.32. The summed E-state index contributed by atoms with van der Waals surface area (Å²) in [7, 11) is 0. The lowest BCUT2D eigenvalue weighted by atomic mass is 9.74. The number of benzene rings is 1. The first-order valence-corrected chi connectivity index (χ1v) is 15.0. The van der Waals surface area contributed by atoms with Crippen molar-refractivity contribution in [2.24, 2.45) is 11.8 Å². The maximum absolute atomic E-state index is 6.36. The van der Waals surface area contributed by atoms with Crippen molar-refractivity contribution in [3.05, 3.63) is 40.9 Å². The van der Waals surface area contributed by atoms with Crippen molar-refractivity contribution in [2.45, 2.75) is 57.8 Å². The second-order valence-electron chi connectivity index (χ2n) is 11.5. The summed E-state index contributed by atoms with van der Waals surface area (Å²) in [6.07, 6.45) is 6.69. The third kappa shape index (κ3) is 6.69. The van der Waals surface area contributed by atoms with Crippen molar-refractivity contribution in [2.75, 3.05) is 61.1 Å². The normalized spacial score (nSPS) is 22.2. The predicted octanol–water partition coefficient (Wildman–Crippen LogP) is 5.64. The van der Waals surface area contributed by atoms with Crippen LogP contribution >= 0.6 is 23.8 Å². The van der Waals surface area contributed by atoms with E-state index < -0.39 is 0 Å². The van der Waals surface area contributed by atoms with E-state index in [1.54, 1.807) is 0 Å². The fourth-order valence-electron chi connectivity index (χ4n) is 5.98. The number of aromatic nitrogens is 2. The van der Waals surface area contributed by atoms with Crippen LogP contribution in [0, 0.1) is 11.8 Å². The molecule has 0 bridgehead atoms. The van der Waals surface area contributed by atoms with Gasteiger partial charge >= 0.3 is 0 Å². The Bertz CT molecular complexity index is 1100. The van der Waals surface area contributed by atoms with Gasteiger partial charge in [-0.05, 0) is 80.3 Å². The number of hydrogen-bond donors (Lipinski definition) is 2. The topological polar surface area (TPSA) is 65.5 Å². The Morgan fingerprint density at radius 2 is 1.76 bits per heavy atom. The molecule has 2 aromatic rings. The average Bonchev–Trinajstić information content (AvgIpc) is 2.93.